The Kier molecular flexibility index (Phi) is 4.19. The van der Waals surface area contributed by atoms with E-state index in [9.17, 15) is 0 Å². The lowest BCUT2D eigenvalue weighted by Gasteiger charge is -2.18. The number of hydrogen-bond acceptors (Lipinski definition) is 2. The predicted molar refractivity (Wildman–Crippen MR) is 71.2 cm³/mol. The maximum atomic E-state index is 5.81. The number of hydrogen-bond donors (Lipinski definition) is 1. The van der Waals surface area contributed by atoms with Gasteiger partial charge >= 0.3 is 0 Å². The first kappa shape index (κ1) is 12.6. The van der Waals surface area contributed by atoms with Crippen molar-refractivity contribution in [1.29, 1.82) is 0 Å². The fourth-order valence-corrected chi connectivity index (χ4v) is 2.40. The zero-order valence-electron chi connectivity index (χ0n) is 11.1. The highest BCUT2D eigenvalue weighted by atomic mass is 16.5. The number of ether oxygens (including phenoxy) is 1. The molecule has 0 aliphatic carbocycles. The van der Waals surface area contributed by atoms with Gasteiger partial charge in [0.25, 0.3) is 0 Å². The Morgan fingerprint density at radius 3 is 2.88 bits per heavy atom. The third kappa shape index (κ3) is 3.55. The summed E-state index contributed by atoms with van der Waals surface area (Å²) in [6.07, 6.45) is 3.23. The van der Waals surface area contributed by atoms with Crippen molar-refractivity contribution in [2.75, 3.05) is 6.54 Å². The Balaban J connectivity index is 1.83. The monoisotopic (exact) mass is 233 g/mol. The molecule has 0 radical (unpaired) electrons. The third-order valence-electron chi connectivity index (χ3n) is 3.51. The lowest BCUT2D eigenvalue weighted by molar-refractivity contribution is 0.0546. The standard InChI is InChI=1S/C15H23NO/c1-11-5-4-6-14(9-11)13(3)16-10-15-8-7-12(2)17-15/h4-6,9,12-13,15-16H,7-8,10H2,1-3H3/t12?,13-,15?/m0/s1. The first-order valence-corrected chi connectivity index (χ1v) is 6.60. The summed E-state index contributed by atoms with van der Waals surface area (Å²) in [5.74, 6) is 0. The first-order valence-electron chi connectivity index (χ1n) is 6.60. The van der Waals surface area contributed by atoms with E-state index in [1.807, 2.05) is 0 Å². The van der Waals surface area contributed by atoms with Gasteiger partial charge in [0.1, 0.15) is 0 Å². The lowest BCUT2D eigenvalue weighted by atomic mass is 10.1. The smallest absolute Gasteiger partial charge is 0.0704 e. The van der Waals surface area contributed by atoms with Gasteiger partial charge in [0, 0.05) is 12.6 Å². The molecule has 94 valence electrons. The minimum atomic E-state index is 0.398. The summed E-state index contributed by atoms with van der Waals surface area (Å²) in [5, 5.41) is 3.56. The van der Waals surface area contributed by atoms with E-state index in [1.54, 1.807) is 0 Å². The van der Waals surface area contributed by atoms with Gasteiger partial charge in [-0.05, 0) is 39.2 Å². The number of nitrogens with one attached hydrogen (secondary N) is 1. The molecule has 0 saturated carbocycles. The molecule has 2 rings (SSSR count). The van der Waals surface area contributed by atoms with Crippen molar-refractivity contribution >= 4 is 0 Å². The molecule has 17 heavy (non-hydrogen) atoms. The van der Waals surface area contributed by atoms with Crippen LogP contribution in [0.5, 0.6) is 0 Å². The van der Waals surface area contributed by atoms with Crippen LogP contribution in [0.15, 0.2) is 24.3 Å². The molecule has 3 atom stereocenters. The molecule has 2 heteroatoms. The molecule has 2 unspecified atom stereocenters. The Bertz CT molecular complexity index is 364. The van der Waals surface area contributed by atoms with E-state index in [4.69, 9.17) is 4.74 Å². The first-order chi connectivity index (χ1) is 8.15. The summed E-state index contributed by atoms with van der Waals surface area (Å²) in [4.78, 5) is 0. The Morgan fingerprint density at radius 1 is 1.41 bits per heavy atom. The van der Waals surface area contributed by atoms with Crippen LogP contribution in [-0.4, -0.2) is 18.8 Å². The van der Waals surface area contributed by atoms with Crippen molar-refractivity contribution in [2.45, 2.75) is 51.9 Å². The van der Waals surface area contributed by atoms with Crippen LogP contribution in [-0.2, 0) is 4.74 Å². The quantitative estimate of drug-likeness (QED) is 0.862. The van der Waals surface area contributed by atoms with Crippen LogP contribution in [0.4, 0.5) is 0 Å². The average Bonchev–Trinajstić information content (AvgIpc) is 2.72. The van der Waals surface area contributed by atoms with Crippen molar-refractivity contribution in [1.82, 2.24) is 5.32 Å². The highest BCUT2D eigenvalue weighted by molar-refractivity contribution is 5.24. The molecule has 0 bridgehead atoms. The van der Waals surface area contributed by atoms with Crippen LogP contribution < -0.4 is 5.32 Å². The summed E-state index contributed by atoms with van der Waals surface area (Å²) >= 11 is 0. The Labute approximate surface area is 104 Å². The average molecular weight is 233 g/mol. The molecule has 1 aliphatic heterocycles. The van der Waals surface area contributed by atoms with Crippen LogP contribution in [0, 0.1) is 6.92 Å². The molecule has 1 saturated heterocycles. The van der Waals surface area contributed by atoms with Crippen LogP contribution in [0.2, 0.25) is 0 Å². The SMILES string of the molecule is Cc1cccc([C@H](C)NCC2CCC(C)O2)c1. The van der Waals surface area contributed by atoms with Gasteiger partial charge in [-0.25, -0.2) is 0 Å². The van der Waals surface area contributed by atoms with Crippen LogP contribution >= 0.6 is 0 Å². The third-order valence-corrected chi connectivity index (χ3v) is 3.51. The summed E-state index contributed by atoms with van der Waals surface area (Å²) in [7, 11) is 0. The van der Waals surface area contributed by atoms with Gasteiger partial charge < -0.3 is 10.1 Å². The maximum absolute atomic E-state index is 5.81. The molecular formula is C15H23NO. The zero-order chi connectivity index (χ0) is 12.3. The maximum Gasteiger partial charge on any atom is 0.0704 e. The summed E-state index contributed by atoms with van der Waals surface area (Å²) in [6.45, 7) is 7.47. The number of benzene rings is 1. The Morgan fingerprint density at radius 2 is 2.24 bits per heavy atom. The van der Waals surface area contributed by atoms with E-state index in [2.05, 4.69) is 50.4 Å². The van der Waals surface area contributed by atoms with Crippen molar-refractivity contribution in [3.05, 3.63) is 35.4 Å². The Hall–Kier alpha value is -0.860. The fourth-order valence-electron chi connectivity index (χ4n) is 2.40. The molecule has 2 nitrogen and oxygen atoms in total. The van der Waals surface area contributed by atoms with E-state index < -0.39 is 0 Å². The summed E-state index contributed by atoms with van der Waals surface area (Å²) in [5.41, 5.74) is 2.68. The van der Waals surface area contributed by atoms with Crippen LogP contribution in [0.1, 0.15) is 43.9 Å². The van der Waals surface area contributed by atoms with Crippen molar-refractivity contribution in [3.8, 4) is 0 Å². The highest BCUT2D eigenvalue weighted by Gasteiger charge is 2.21. The molecule has 1 heterocycles. The summed E-state index contributed by atoms with van der Waals surface area (Å²) < 4.78 is 5.81. The molecule has 0 amide bonds. The molecule has 1 fully saturated rings. The van der Waals surface area contributed by atoms with E-state index in [1.165, 1.54) is 24.0 Å². The second-order valence-electron chi connectivity index (χ2n) is 5.19. The van der Waals surface area contributed by atoms with Gasteiger partial charge in [0.05, 0.1) is 12.2 Å². The normalized spacial score (nSPS) is 26.1. The second-order valence-corrected chi connectivity index (χ2v) is 5.19. The van der Waals surface area contributed by atoms with Gasteiger partial charge in [0.2, 0.25) is 0 Å². The molecule has 1 aromatic carbocycles. The number of aryl methyl sites for hydroxylation is 1. The lowest BCUT2D eigenvalue weighted by Crippen LogP contribution is -2.29. The highest BCUT2D eigenvalue weighted by Crippen LogP contribution is 2.20. The topological polar surface area (TPSA) is 21.3 Å². The van der Waals surface area contributed by atoms with Gasteiger partial charge in [0.15, 0.2) is 0 Å². The number of rotatable bonds is 4. The van der Waals surface area contributed by atoms with E-state index in [0.29, 0.717) is 18.2 Å². The minimum Gasteiger partial charge on any atom is -0.374 e. The van der Waals surface area contributed by atoms with Crippen LogP contribution in [0.3, 0.4) is 0 Å². The fraction of sp³-hybridized carbons (Fsp3) is 0.600. The van der Waals surface area contributed by atoms with E-state index in [-0.39, 0.29) is 0 Å². The summed E-state index contributed by atoms with van der Waals surface area (Å²) in [6, 6.07) is 9.09. The molecule has 1 N–H and O–H groups in total. The largest absolute Gasteiger partial charge is 0.374 e. The van der Waals surface area contributed by atoms with E-state index in [0.717, 1.165) is 6.54 Å². The molecule has 1 aromatic rings. The second kappa shape index (κ2) is 5.65. The molecule has 0 spiro atoms. The zero-order valence-corrected chi connectivity index (χ0v) is 11.1. The van der Waals surface area contributed by atoms with Gasteiger partial charge in [-0.1, -0.05) is 29.8 Å². The van der Waals surface area contributed by atoms with Crippen molar-refractivity contribution in [2.24, 2.45) is 0 Å². The van der Waals surface area contributed by atoms with Gasteiger partial charge in [-0.2, -0.15) is 0 Å². The van der Waals surface area contributed by atoms with Gasteiger partial charge in [-0.3, -0.25) is 0 Å². The molecule has 1 aliphatic rings. The van der Waals surface area contributed by atoms with Crippen molar-refractivity contribution < 1.29 is 4.74 Å². The van der Waals surface area contributed by atoms with Crippen LogP contribution in [0.25, 0.3) is 0 Å². The van der Waals surface area contributed by atoms with Crippen molar-refractivity contribution in [3.63, 3.8) is 0 Å². The van der Waals surface area contributed by atoms with Gasteiger partial charge in [-0.15, -0.1) is 0 Å². The minimum absolute atomic E-state index is 0.398. The van der Waals surface area contributed by atoms with E-state index >= 15 is 0 Å². The molecule has 0 aromatic heterocycles. The molecular weight excluding hydrogens is 210 g/mol. The predicted octanol–water partition coefficient (Wildman–Crippen LogP) is 3.21.